The minimum atomic E-state index is 0.551. The van der Waals surface area contributed by atoms with Crippen LogP contribution < -0.4 is 0 Å². The maximum atomic E-state index is 4.54. The van der Waals surface area contributed by atoms with E-state index in [2.05, 4.69) is 31.5 Å². The first kappa shape index (κ1) is 7.93. The molecule has 2 bridgehead atoms. The van der Waals surface area contributed by atoms with Crippen LogP contribution in [-0.4, -0.2) is 29.3 Å². The molecular formula is C9H17NS. The van der Waals surface area contributed by atoms with Crippen molar-refractivity contribution in [3.8, 4) is 0 Å². The minimum absolute atomic E-state index is 0.551. The smallest absolute Gasteiger partial charge is 0.0238 e. The highest BCUT2D eigenvalue weighted by Gasteiger charge is 2.44. The van der Waals surface area contributed by atoms with Crippen LogP contribution in [0.25, 0.3) is 0 Å². The van der Waals surface area contributed by atoms with Crippen LogP contribution in [0.4, 0.5) is 0 Å². The number of nitrogens with zero attached hydrogens (tertiary/aromatic N) is 1. The van der Waals surface area contributed by atoms with E-state index in [1.165, 1.54) is 19.3 Å². The summed E-state index contributed by atoms with van der Waals surface area (Å²) in [5.41, 5.74) is 0. The van der Waals surface area contributed by atoms with Gasteiger partial charge in [0.1, 0.15) is 0 Å². The lowest BCUT2D eigenvalue weighted by Crippen LogP contribution is -2.42. The first-order chi connectivity index (χ1) is 5.20. The zero-order chi connectivity index (χ0) is 8.01. The van der Waals surface area contributed by atoms with Crippen LogP contribution in [0.1, 0.15) is 26.2 Å². The Morgan fingerprint density at radius 1 is 1.45 bits per heavy atom. The highest BCUT2D eigenvalue weighted by molar-refractivity contribution is 7.81. The normalized spacial score (nSPS) is 46.6. The molecule has 2 fully saturated rings. The molecule has 1 aliphatic heterocycles. The third-order valence-corrected chi connectivity index (χ3v) is 3.77. The van der Waals surface area contributed by atoms with Crippen molar-refractivity contribution < 1.29 is 0 Å². The molecule has 0 amide bonds. The van der Waals surface area contributed by atoms with Crippen LogP contribution >= 0.6 is 12.6 Å². The first-order valence-electron chi connectivity index (χ1n) is 4.60. The van der Waals surface area contributed by atoms with E-state index in [1.54, 1.807) is 0 Å². The summed E-state index contributed by atoms with van der Waals surface area (Å²) in [4.78, 5) is 2.55. The number of rotatable bonds is 1. The van der Waals surface area contributed by atoms with Gasteiger partial charge in [-0.25, -0.2) is 0 Å². The van der Waals surface area contributed by atoms with Gasteiger partial charge in [-0.3, -0.25) is 4.90 Å². The standard InChI is InChI=1S/C9H17NS/c1-6(11)9-7-3-4-8(5-7)10(9)2/h6-9,11H,3-5H2,1-2H3. The second-order valence-corrected chi connectivity index (χ2v) is 4.94. The van der Waals surface area contributed by atoms with E-state index in [0.29, 0.717) is 5.25 Å². The fourth-order valence-electron chi connectivity index (χ4n) is 2.98. The Balaban J connectivity index is 2.11. The Morgan fingerprint density at radius 3 is 2.55 bits per heavy atom. The molecule has 0 radical (unpaired) electrons. The molecule has 4 atom stereocenters. The molecule has 2 rings (SSSR count). The zero-order valence-electron chi connectivity index (χ0n) is 7.33. The zero-order valence-corrected chi connectivity index (χ0v) is 8.22. The topological polar surface area (TPSA) is 3.24 Å². The molecular weight excluding hydrogens is 154 g/mol. The molecule has 1 nitrogen and oxygen atoms in total. The molecule has 0 spiro atoms. The van der Waals surface area contributed by atoms with Crippen LogP contribution in [0.5, 0.6) is 0 Å². The van der Waals surface area contributed by atoms with Gasteiger partial charge in [-0.2, -0.15) is 12.6 Å². The second kappa shape index (κ2) is 2.67. The SMILES string of the molecule is CC(S)C1C2CCC(C2)N1C. The molecule has 2 heteroatoms. The van der Waals surface area contributed by atoms with Crippen LogP contribution in [-0.2, 0) is 0 Å². The lowest BCUT2D eigenvalue weighted by molar-refractivity contribution is 0.176. The first-order valence-corrected chi connectivity index (χ1v) is 5.12. The van der Waals surface area contributed by atoms with Crippen LogP contribution in [0, 0.1) is 5.92 Å². The van der Waals surface area contributed by atoms with Crippen molar-refractivity contribution in [2.75, 3.05) is 7.05 Å². The quantitative estimate of drug-likeness (QED) is 0.589. The van der Waals surface area contributed by atoms with Crippen molar-refractivity contribution in [3.05, 3.63) is 0 Å². The summed E-state index contributed by atoms with van der Waals surface area (Å²) in [5.74, 6) is 0.956. The van der Waals surface area contributed by atoms with E-state index in [1.807, 2.05) is 0 Å². The minimum Gasteiger partial charge on any atom is -0.299 e. The van der Waals surface area contributed by atoms with Crippen LogP contribution in [0.2, 0.25) is 0 Å². The summed E-state index contributed by atoms with van der Waals surface area (Å²) in [6.07, 6.45) is 4.31. The Hall–Kier alpha value is 0.310. The van der Waals surface area contributed by atoms with Crippen molar-refractivity contribution in [1.82, 2.24) is 4.90 Å². The molecule has 11 heavy (non-hydrogen) atoms. The predicted octanol–water partition coefficient (Wildman–Crippen LogP) is 1.79. The van der Waals surface area contributed by atoms with Gasteiger partial charge in [-0.15, -0.1) is 0 Å². The van der Waals surface area contributed by atoms with Crippen molar-refractivity contribution in [2.45, 2.75) is 43.5 Å². The summed E-state index contributed by atoms with van der Waals surface area (Å²) in [7, 11) is 2.27. The number of thiol groups is 1. The Morgan fingerprint density at radius 2 is 2.18 bits per heavy atom. The van der Waals surface area contributed by atoms with E-state index in [-0.39, 0.29) is 0 Å². The third kappa shape index (κ3) is 1.11. The molecule has 1 heterocycles. The number of hydrogen-bond donors (Lipinski definition) is 1. The van der Waals surface area contributed by atoms with Crippen molar-refractivity contribution in [1.29, 1.82) is 0 Å². The lowest BCUT2D eigenvalue weighted by atomic mass is 9.97. The van der Waals surface area contributed by atoms with E-state index in [0.717, 1.165) is 18.0 Å². The average molecular weight is 171 g/mol. The summed E-state index contributed by atoms with van der Waals surface area (Å²) in [5, 5.41) is 0.551. The average Bonchev–Trinajstić information content (AvgIpc) is 2.44. The van der Waals surface area contributed by atoms with Gasteiger partial charge in [-0.05, 0) is 32.2 Å². The van der Waals surface area contributed by atoms with E-state index in [4.69, 9.17) is 0 Å². The molecule has 0 aromatic carbocycles. The van der Waals surface area contributed by atoms with Gasteiger partial charge in [0.25, 0.3) is 0 Å². The Labute approximate surface area is 74.6 Å². The van der Waals surface area contributed by atoms with Crippen molar-refractivity contribution in [3.63, 3.8) is 0 Å². The largest absolute Gasteiger partial charge is 0.299 e. The van der Waals surface area contributed by atoms with E-state index < -0.39 is 0 Å². The molecule has 0 N–H and O–H groups in total. The third-order valence-electron chi connectivity index (χ3n) is 3.47. The molecule has 0 aromatic heterocycles. The summed E-state index contributed by atoms with van der Waals surface area (Å²) in [6, 6.07) is 1.65. The van der Waals surface area contributed by atoms with Crippen molar-refractivity contribution >= 4 is 12.6 Å². The predicted molar refractivity (Wildman–Crippen MR) is 51.1 cm³/mol. The van der Waals surface area contributed by atoms with Gasteiger partial charge in [0.05, 0.1) is 0 Å². The van der Waals surface area contributed by atoms with E-state index >= 15 is 0 Å². The molecule has 1 aliphatic carbocycles. The van der Waals surface area contributed by atoms with Gasteiger partial charge < -0.3 is 0 Å². The second-order valence-electron chi connectivity index (χ2n) is 4.12. The number of likely N-dealkylation sites (tertiary alicyclic amines) is 1. The number of hydrogen-bond acceptors (Lipinski definition) is 2. The number of piperidine rings is 1. The van der Waals surface area contributed by atoms with Gasteiger partial charge in [0.2, 0.25) is 0 Å². The molecule has 4 unspecified atom stereocenters. The molecule has 64 valence electrons. The molecule has 1 saturated carbocycles. The van der Waals surface area contributed by atoms with Gasteiger partial charge >= 0.3 is 0 Å². The van der Waals surface area contributed by atoms with Gasteiger partial charge in [-0.1, -0.05) is 6.92 Å². The lowest BCUT2D eigenvalue weighted by Gasteiger charge is -2.34. The summed E-state index contributed by atoms with van der Waals surface area (Å²) in [6.45, 7) is 2.23. The monoisotopic (exact) mass is 171 g/mol. The fourth-order valence-corrected chi connectivity index (χ4v) is 3.44. The fraction of sp³-hybridized carbons (Fsp3) is 1.00. The van der Waals surface area contributed by atoms with Gasteiger partial charge in [0, 0.05) is 17.3 Å². The Kier molecular flexibility index (Phi) is 1.92. The molecule has 0 aromatic rings. The van der Waals surface area contributed by atoms with Gasteiger partial charge in [0.15, 0.2) is 0 Å². The van der Waals surface area contributed by atoms with Crippen LogP contribution in [0.15, 0.2) is 0 Å². The van der Waals surface area contributed by atoms with Crippen molar-refractivity contribution in [2.24, 2.45) is 5.92 Å². The summed E-state index contributed by atoms with van der Waals surface area (Å²) < 4.78 is 0. The maximum Gasteiger partial charge on any atom is 0.0238 e. The summed E-state index contributed by atoms with van der Waals surface area (Å²) >= 11 is 4.54. The highest BCUT2D eigenvalue weighted by atomic mass is 32.1. The van der Waals surface area contributed by atoms with Crippen LogP contribution in [0.3, 0.4) is 0 Å². The molecule has 2 aliphatic rings. The maximum absolute atomic E-state index is 4.54. The molecule has 1 saturated heterocycles. The number of fused-ring (bicyclic) bond motifs is 2. The Bertz CT molecular complexity index is 156. The van der Waals surface area contributed by atoms with E-state index in [9.17, 15) is 0 Å². The highest BCUT2D eigenvalue weighted by Crippen LogP contribution is 2.43.